The van der Waals surface area contributed by atoms with Crippen LogP contribution in [0.5, 0.6) is 5.75 Å². The Balaban J connectivity index is 1.85. The van der Waals surface area contributed by atoms with E-state index in [0.29, 0.717) is 12.1 Å². The van der Waals surface area contributed by atoms with Gasteiger partial charge in [0.2, 0.25) is 0 Å². The third-order valence-corrected chi connectivity index (χ3v) is 3.45. The van der Waals surface area contributed by atoms with E-state index in [9.17, 15) is 18.0 Å². The van der Waals surface area contributed by atoms with E-state index in [4.69, 9.17) is 5.11 Å². The van der Waals surface area contributed by atoms with Gasteiger partial charge in [0, 0.05) is 13.1 Å². The van der Waals surface area contributed by atoms with Crippen molar-refractivity contribution in [2.24, 2.45) is 0 Å². The summed E-state index contributed by atoms with van der Waals surface area (Å²) in [4.78, 5) is 13.5. The van der Waals surface area contributed by atoms with E-state index in [2.05, 4.69) is 10.1 Å². The fourth-order valence-electron chi connectivity index (χ4n) is 2.38. The Bertz CT molecular complexity index is 505. The number of ether oxygens (including phenoxy) is 1. The summed E-state index contributed by atoms with van der Waals surface area (Å²) >= 11 is 0. The van der Waals surface area contributed by atoms with Gasteiger partial charge < -0.3 is 20.1 Å². The number of carbonyl (C=O) groups excluding carboxylic acids is 1. The summed E-state index contributed by atoms with van der Waals surface area (Å²) in [7, 11) is 0. The Morgan fingerprint density at radius 3 is 2.64 bits per heavy atom. The van der Waals surface area contributed by atoms with Crippen LogP contribution in [0.25, 0.3) is 0 Å². The molecule has 2 amide bonds. The largest absolute Gasteiger partial charge is 0.573 e. The number of aliphatic hydroxyl groups excluding tert-OH is 1. The molecule has 1 aromatic carbocycles. The maximum absolute atomic E-state index is 12.0. The molecule has 122 valence electrons. The number of nitrogens with zero attached hydrogens (tertiary/aromatic N) is 1. The van der Waals surface area contributed by atoms with E-state index >= 15 is 0 Å². The predicted molar refractivity (Wildman–Crippen MR) is 72.2 cm³/mol. The fraction of sp³-hybridized carbons (Fsp3) is 0.500. The van der Waals surface area contributed by atoms with Crippen molar-refractivity contribution in [3.63, 3.8) is 0 Å². The summed E-state index contributed by atoms with van der Waals surface area (Å²) in [5.41, 5.74) is 0.655. The van der Waals surface area contributed by atoms with Crippen LogP contribution in [-0.2, 0) is 6.54 Å². The summed E-state index contributed by atoms with van der Waals surface area (Å²) in [6.45, 7) is 0.714. The Morgan fingerprint density at radius 1 is 1.36 bits per heavy atom. The number of aliphatic hydroxyl groups is 1. The first-order valence-electron chi connectivity index (χ1n) is 6.89. The lowest BCUT2D eigenvalue weighted by molar-refractivity contribution is -0.274. The molecular weight excluding hydrogens is 301 g/mol. The van der Waals surface area contributed by atoms with Crippen LogP contribution in [0.15, 0.2) is 24.3 Å². The van der Waals surface area contributed by atoms with Gasteiger partial charge in [0.25, 0.3) is 0 Å². The molecule has 0 bridgehead atoms. The molecule has 1 unspecified atom stereocenters. The van der Waals surface area contributed by atoms with Gasteiger partial charge in [-0.25, -0.2) is 4.79 Å². The van der Waals surface area contributed by atoms with Gasteiger partial charge in [-0.15, -0.1) is 13.2 Å². The molecule has 2 rings (SSSR count). The molecule has 1 aliphatic heterocycles. The lowest BCUT2D eigenvalue weighted by atomic mass is 10.2. The lowest BCUT2D eigenvalue weighted by Crippen LogP contribution is -2.43. The van der Waals surface area contributed by atoms with Gasteiger partial charge in [0.05, 0.1) is 12.6 Å². The molecular formula is C14H17F3N2O3. The van der Waals surface area contributed by atoms with Crippen LogP contribution < -0.4 is 10.1 Å². The van der Waals surface area contributed by atoms with Gasteiger partial charge in [-0.1, -0.05) is 12.1 Å². The minimum absolute atomic E-state index is 0.0725. The number of hydrogen-bond donors (Lipinski definition) is 2. The minimum Gasteiger partial charge on any atom is -0.406 e. The summed E-state index contributed by atoms with van der Waals surface area (Å²) in [5, 5.41) is 11.9. The topological polar surface area (TPSA) is 61.8 Å². The second-order valence-corrected chi connectivity index (χ2v) is 5.02. The van der Waals surface area contributed by atoms with E-state index in [1.807, 2.05) is 0 Å². The first-order chi connectivity index (χ1) is 10.4. The van der Waals surface area contributed by atoms with Crippen LogP contribution >= 0.6 is 0 Å². The van der Waals surface area contributed by atoms with Crippen molar-refractivity contribution in [1.29, 1.82) is 0 Å². The molecule has 0 radical (unpaired) electrons. The van der Waals surface area contributed by atoms with Crippen molar-refractivity contribution in [2.75, 3.05) is 13.2 Å². The number of halogens is 3. The predicted octanol–water partition coefficient (Wildman–Crippen LogP) is 2.25. The lowest BCUT2D eigenvalue weighted by Gasteiger charge is -2.23. The van der Waals surface area contributed by atoms with Crippen molar-refractivity contribution in [3.8, 4) is 5.75 Å². The molecule has 0 spiro atoms. The van der Waals surface area contributed by atoms with Crippen molar-refractivity contribution >= 4 is 6.03 Å². The SMILES string of the molecule is O=C(NCc1ccc(OC(F)(F)F)cc1)N1CCCC1CO. The molecule has 1 atom stereocenters. The van der Waals surface area contributed by atoms with Gasteiger partial charge in [0.15, 0.2) is 0 Å². The maximum Gasteiger partial charge on any atom is 0.573 e. The molecule has 1 heterocycles. The smallest absolute Gasteiger partial charge is 0.406 e. The minimum atomic E-state index is -4.72. The van der Waals surface area contributed by atoms with Gasteiger partial charge in [-0.2, -0.15) is 0 Å². The molecule has 0 aliphatic carbocycles. The van der Waals surface area contributed by atoms with Crippen LogP contribution in [0.4, 0.5) is 18.0 Å². The third-order valence-electron chi connectivity index (χ3n) is 3.45. The molecule has 1 fully saturated rings. The maximum atomic E-state index is 12.0. The zero-order valence-electron chi connectivity index (χ0n) is 11.8. The molecule has 2 N–H and O–H groups in total. The first-order valence-corrected chi connectivity index (χ1v) is 6.89. The number of nitrogens with one attached hydrogen (secondary N) is 1. The number of rotatable bonds is 4. The molecule has 1 aromatic rings. The zero-order valence-corrected chi connectivity index (χ0v) is 11.8. The second-order valence-electron chi connectivity index (χ2n) is 5.02. The summed E-state index contributed by atoms with van der Waals surface area (Å²) < 4.78 is 39.9. The third kappa shape index (κ3) is 4.52. The number of benzene rings is 1. The fourth-order valence-corrected chi connectivity index (χ4v) is 2.38. The Labute approximate surface area is 125 Å². The molecule has 0 saturated carbocycles. The zero-order chi connectivity index (χ0) is 16.2. The number of likely N-dealkylation sites (tertiary alicyclic amines) is 1. The van der Waals surface area contributed by atoms with Crippen LogP contribution in [0, 0.1) is 0 Å². The van der Waals surface area contributed by atoms with Crippen LogP contribution in [0.3, 0.4) is 0 Å². The first kappa shape index (κ1) is 16.4. The van der Waals surface area contributed by atoms with E-state index in [1.54, 1.807) is 4.90 Å². The Hall–Kier alpha value is -1.96. The quantitative estimate of drug-likeness (QED) is 0.895. The number of hydrogen-bond acceptors (Lipinski definition) is 3. The van der Waals surface area contributed by atoms with Crippen LogP contribution in [0.1, 0.15) is 18.4 Å². The number of alkyl halides is 3. The molecule has 5 nitrogen and oxygen atoms in total. The molecule has 0 aromatic heterocycles. The van der Waals surface area contributed by atoms with Crippen LogP contribution in [0.2, 0.25) is 0 Å². The van der Waals surface area contributed by atoms with Crippen molar-refractivity contribution in [3.05, 3.63) is 29.8 Å². The van der Waals surface area contributed by atoms with Gasteiger partial charge in [0.1, 0.15) is 5.75 Å². The van der Waals surface area contributed by atoms with Crippen molar-refractivity contribution in [1.82, 2.24) is 10.2 Å². The van der Waals surface area contributed by atoms with Gasteiger partial charge in [-0.3, -0.25) is 0 Å². The summed E-state index contributed by atoms with van der Waals surface area (Å²) in [5.74, 6) is -0.303. The highest BCUT2D eigenvalue weighted by Gasteiger charge is 2.31. The highest BCUT2D eigenvalue weighted by molar-refractivity contribution is 5.74. The number of amides is 2. The van der Waals surface area contributed by atoms with Crippen molar-refractivity contribution in [2.45, 2.75) is 31.8 Å². The van der Waals surface area contributed by atoms with E-state index in [1.165, 1.54) is 24.3 Å². The monoisotopic (exact) mass is 318 g/mol. The average molecular weight is 318 g/mol. The van der Waals surface area contributed by atoms with E-state index in [0.717, 1.165) is 12.8 Å². The van der Waals surface area contributed by atoms with Crippen LogP contribution in [-0.4, -0.2) is 41.6 Å². The highest BCUT2D eigenvalue weighted by Crippen LogP contribution is 2.22. The standard InChI is InChI=1S/C14H17F3N2O3/c15-14(16,17)22-12-5-3-10(4-6-12)8-18-13(21)19-7-1-2-11(19)9-20/h3-6,11,20H,1-2,7-9H2,(H,18,21). The summed E-state index contributed by atoms with van der Waals surface area (Å²) in [6, 6.07) is 4.85. The molecule has 22 heavy (non-hydrogen) atoms. The molecule has 1 saturated heterocycles. The van der Waals surface area contributed by atoms with Gasteiger partial charge >= 0.3 is 12.4 Å². The van der Waals surface area contributed by atoms with Crippen molar-refractivity contribution < 1.29 is 27.8 Å². The number of carbonyl (C=O) groups is 1. The molecule has 8 heteroatoms. The van der Waals surface area contributed by atoms with E-state index < -0.39 is 6.36 Å². The highest BCUT2D eigenvalue weighted by atomic mass is 19.4. The molecule has 1 aliphatic rings. The van der Waals surface area contributed by atoms with E-state index in [-0.39, 0.29) is 31.0 Å². The normalized spacial score (nSPS) is 18.4. The Morgan fingerprint density at radius 2 is 2.05 bits per heavy atom. The summed E-state index contributed by atoms with van der Waals surface area (Å²) in [6.07, 6.45) is -3.10. The number of urea groups is 1. The average Bonchev–Trinajstić information content (AvgIpc) is 2.93. The Kier molecular flexibility index (Phi) is 5.12. The van der Waals surface area contributed by atoms with Gasteiger partial charge in [-0.05, 0) is 30.5 Å². The second kappa shape index (κ2) is 6.87.